The monoisotopic (exact) mass is 417 g/mol. The molecule has 1 aromatic carbocycles. The van der Waals surface area contributed by atoms with E-state index in [9.17, 15) is 9.59 Å². The van der Waals surface area contributed by atoms with Gasteiger partial charge in [0.05, 0.1) is 22.6 Å². The summed E-state index contributed by atoms with van der Waals surface area (Å²) in [5, 5.41) is 0.506. The van der Waals surface area contributed by atoms with Gasteiger partial charge in [0.1, 0.15) is 0 Å². The van der Waals surface area contributed by atoms with Crippen LogP contribution in [0.5, 0.6) is 5.19 Å². The number of nitrogens with zero attached hydrogens (tertiary/aromatic N) is 3. The van der Waals surface area contributed by atoms with E-state index in [2.05, 4.69) is 16.8 Å². The van der Waals surface area contributed by atoms with E-state index in [0.717, 1.165) is 10.3 Å². The number of fused-ring (bicyclic) bond motifs is 1. The topological polar surface area (TPSA) is 66.1 Å². The van der Waals surface area contributed by atoms with E-state index in [1.807, 2.05) is 37.3 Å². The third-order valence-electron chi connectivity index (χ3n) is 4.60. The van der Waals surface area contributed by atoms with Gasteiger partial charge in [-0.1, -0.05) is 17.3 Å². The van der Waals surface area contributed by atoms with Crippen LogP contribution in [0.2, 0.25) is 0 Å². The van der Waals surface area contributed by atoms with Crippen molar-refractivity contribution in [2.45, 2.75) is 13.8 Å². The van der Waals surface area contributed by atoms with Crippen molar-refractivity contribution in [3.63, 3.8) is 0 Å². The van der Waals surface area contributed by atoms with Gasteiger partial charge in [0.2, 0.25) is 5.56 Å². The van der Waals surface area contributed by atoms with E-state index in [-0.39, 0.29) is 11.1 Å². The van der Waals surface area contributed by atoms with Crippen molar-refractivity contribution < 1.29 is 4.74 Å². The second kappa shape index (κ2) is 8.01. The number of thiazole rings is 1. The molecule has 6 nitrogen and oxygen atoms in total. The largest absolute Gasteiger partial charge is 0.470 e. The van der Waals surface area contributed by atoms with Crippen LogP contribution in [0.15, 0.2) is 58.3 Å². The third kappa shape index (κ3) is 3.53. The van der Waals surface area contributed by atoms with Crippen LogP contribution >= 0.6 is 11.3 Å². The average Bonchev–Trinajstić information content (AvgIpc) is 3.13. The van der Waals surface area contributed by atoms with Gasteiger partial charge in [-0.15, -0.1) is 5.92 Å². The molecular weight excluding hydrogens is 398 g/mol. The van der Waals surface area contributed by atoms with Crippen LogP contribution in [0, 0.1) is 11.8 Å². The Morgan fingerprint density at radius 1 is 1.13 bits per heavy atom. The molecule has 0 N–H and O–H groups in total. The molecule has 150 valence electrons. The summed E-state index contributed by atoms with van der Waals surface area (Å²) in [6.45, 7) is 4.16. The first-order valence-corrected chi connectivity index (χ1v) is 10.2. The van der Waals surface area contributed by atoms with Gasteiger partial charge in [0.15, 0.2) is 5.65 Å². The first-order chi connectivity index (χ1) is 14.5. The molecule has 0 saturated heterocycles. The average molecular weight is 417 g/mol. The quantitative estimate of drug-likeness (QED) is 0.476. The lowest BCUT2D eigenvalue weighted by Gasteiger charge is -2.11. The highest BCUT2D eigenvalue weighted by atomic mass is 32.1. The zero-order chi connectivity index (χ0) is 21.3. The summed E-state index contributed by atoms with van der Waals surface area (Å²) in [4.78, 5) is 29.9. The normalized spacial score (nSPS) is 10.6. The Morgan fingerprint density at radius 2 is 1.90 bits per heavy atom. The molecule has 0 aliphatic heterocycles. The molecule has 0 spiro atoms. The van der Waals surface area contributed by atoms with Crippen molar-refractivity contribution in [2.24, 2.45) is 7.05 Å². The van der Waals surface area contributed by atoms with E-state index in [0.29, 0.717) is 34.3 Å². The lowest BCUT2D eigenvalue weighted by molar-refractivity contribution is 0.339. The van der Waals surface area contributed by atoms with E-state index >= 15 is 0 Å². The summed E-state index contributed by atoms with van der Waals surface area (Å²) in [6, 6.07) is 12.4. The van der Waals surface area contributed by atoms with Crippen molar-refractivity contribution in [2.75, 3.05) is 6.61 Å². The molecule has 4 rings (SSSR count). The summed E-state index contributed by atoms with van der Waals surface area (Å²) in [7, 11) is 1.66. The maximum Gasteiger partial charge on any atom is 0.275 e. The summed E-state index contributed by atoms with van der Waals surface area (Å²) < 4.78 is 9.44. The van der Waals surface area contributed by atoms with Gasteiger partial charge in [-0.2, -0.15) is 4.98 Å². The van der Waals surface area contributed by atoms with Crippen LogP contribution < -0.4 is 15.9 Å². The second-order valence-corrected chi connectivity index (χ2v) is 7.58. The van der Waals surface area contributed by atoms with Crippen LogP contribution in [0.3, 0.4) is 0 Å². The van der Waals surface area contributed by atoms with Gasteiger partial charge in [-0.05, 0) is 50.2 Å². The Balaban J connectivity index is 2.01. The molecular formula is C23H19N3O3S. The number of hydrogen-bond donors (Lipinski definition) is 0. The minimum atomic E-state index is -0.219. The molecule has 0 radical (unpaired) electrons. The van der Waals surface area contributed by atoms with E-state index < -0.39 is 0 Å². The summed E-state index contributed by atoms with van der Waals surface area (Å²) >= 11 is 1.38. The lowest BCUT2D eigenvalue weighted by Crippen LogP contribution is -2.22. The lowest BCUT2D eigenvalue weighted by atomic mass is 10.1. The number of aryl methyl sites for hydroxylation is 1. The highest BCUT2D eigenvalue weighted by molar-refractivity contribution is 7.20. The van der Waals surface area contributed by atoms with Crippen molar-refractivity contribution in [1.29, 1.82) is 0 Å². The number of pyridine rings is 2. The van der Waals surface area contributed by atoms with Crippen LogP contribution in [0.1, 0.15) is 19.4 Å². The minimum Gasteiger partial charge on any atom is -0.470 e. The predicted octanol–water partition coefficient (Wildman–Crippen LogP) is 3.58. The predicted molar refractivity (Wildman–Crippen MR) is 120 cm³/mol. The Bertz CT molecular complexity index is 1420. The van der Waals surface area contributed by atoms with E-state index in [4.69, 9.17) is 4.74 Å². The molecule has 3 heterocycles. The Kier molecular flexibility index (Phi) is 5.25. The van der Waals surface area contributed by atoms with Crippen LogP contribution in [-0.2, 0) is 7.05 Å². The number of aromatic nitrogens is 3. The highest BCUT2D eigenvalue weighted by Crippen LogP contribution is 2.31. The van der Waals surface area contributed by atoms with E-state index in [1.54, 1.807) is 30.8 Å². The number of ether oxygens (including phenoxy) is 1. The van der Waals surface area contributed by atoms with Gasteiger partial charge < -0.3 is 9.30 Å². The zero-order valence-electron chi connectivity index (χ0n) is 16.8. The SMILES string of the molecule is CC#Cc1ccc(-n2c(=O)c(-c3ccc(=O)n(C)c3)cc3sc(OCC)nc32)cc1. The molecule has 0 bridgehead atoms. The molecule has 0 unspecified atom stereocenters. The Morgan fingerprint density at radius 3 is 2.57 bits per heavy atom. The number of rotatable bonds is 4. The van der Waals surface area contributed by atoms with Crippen molar-refractivity contribution >= 4 is 21.7 Å². The fourth-order valence-corrected chi connectivity index (χ4v) is 4.09. The van der Waals surface area contributed by atoms with Gasteiger partial charge in [0, 0.05) is 30.4 Å². The van der Waals surface area contributed by atoms with Crippen LogP contribution in [0.25, 0.3) is 27.2 Å². The standard InChI is InChI=1S/C23H19N3O3S/c1-4-6-15-7-10-17(11-8-15)26-21-19(30-23(24-21)29-5-2)13-18(22(26)28)16-9-12-20(27)25(3)14-16/h7-14H,5H2,1-3H3. The highest BCUT2D eigenvalue weighted by Gasteiger charge is 2.17. The Hall–Kier alpha value is -3.63. The molecule has 0 atom stereocenters. The second-order valence-electron chi connectivity index (χ2n) is 6.59. The molecule has 0 fully saturated rings. The van der Waals surface area contributed by atoms with Gasteiger partial charge >= 0.3 is 0 Å². The summed E-state index contributed by atoms with van der Waals surface area (Å²) in [5.74, 6) is 5.87. The summed E-state index contributed by atoms with van der Waals surface area (Å²) in [6.07, 6.45) is 1.67. The first-order valence-electron chi connectivity index (χ1n) is 9.41. The summed E-state index contributed by atoms with van der Waals surface area (Å²) in [5.41, 5.74) is 2.89. The molecule has 4 aromatic rings. The van der Waals surface area contributed by atoms with Gasteiger partial charge in [-0.3, -0.25) is 14.2 Å². The molecule has 3 aromatic heterocycles. The van der Waals surface area contributed by atoms with Gasteiger partial charge in [-0.25, -0.2) is 0 Å². The van der Waals surface area contributed by atoms with Crippen molar-refractivity contribution in [1.82, 2.24) is 14.1 Å². The van der Waals surface area contributed by atoms with E-state index in [1.165, 1.54) is 22.0 Å². The fraction of sp³-hybridized carbons (Fsp3) is 0.174. The molecule has 0 aliphatic carbocycles. The maximum atomic E-state index is 13.5. The van der Waals surface area contributed by atoms with Gasteiger partial charge in [0.25, 0.3) is 10.8 Å². The number of hydrogen-bond acceptors (Lipinski definition) is 5. The smallest absolute Gasteiger partial charge is 0.275 e. The molecule has 0 aliphatic rings. The fourth-order valence-electron chi connectivity index (χ4n) is 3.19. The van der Waals surface area contributed by atoms with Crippen LogP contribution in [-0.4, -0.2) is 20.7 Å². The molecule has 7 heteroatoms. The zero-order valence-corrected chi connectivity index (χ0v) is 17.6. The molecule has 30 heavy (non-hydrogen) atoms. The first kappa shape index (κ1) is 19.7. The maximum absolute atomic E-state index is 13.5. The van der Waals surface area contributed by atoms with Crippen molar-refractivity contribution in [3.8, 4) is 33.8 Å². The molecule has 0 saturated carbocycles. The van der Waals surface area contributed by atoms with Crippen LogP contribution in [0.4, 0.5) is 0 Å². The Labute approximate surface area is 177 Å². The third-order valence-corrected chi connectivity index (χ3v) is 5.50. The van der Waals surface area contributed by atoms with Crippen molar-refractivity contribution in [3.05, 3.63) is 74.9 Å². The minimum absolute atomic E-state index is 0.135. The number of benzene rings is 1. The molecule has 0 amide bonds.